The molecule has 0 amide bonds. The number of aromatic nitrogens is 3. The van der Waals surface area contributed by atoms with Gasteiger partial charge in [0, 0.05) is 6.04 Å². The van der Waals surface area contributed by atoms with Crippen LogP contribution in [0.3, 0.4) is 0 Å². The molecule has 0 aliphatic carbocycles. The fraction of sp³-hybridized carbons (Fsp3) is 0.700. The zero-order chi connectivity index (χ0) is 11.5. The van der Waals surface area contributed by atoms with Gasteiger partial charge < -0.3 is 5.11 Å². The molecule has 6 heteroatoms. The van der Waals surface area contributed by atoms with Gasteiger partial charge in [0.2, 0.25) is 0 Å². The highest BCUT2D eigenvalue weighted by Crippen LogP contribution is 2.12. The molecular formula is C10H16N4O2. The maximum atomic E-state index is 10.6. The van der Waals surface area contributed by atoms with Crippen LogP contribution in [0.15, 0.2) is 6.20 Å². The second-order valence-electron chi connectivity index (χ2n) is 4.22. The second-order valence-corrected chi connectivity index (χ2v) is 4.22. The van der Waals surface area contributed by atoms with Gasteiger partial charge in [0.05, 0.1) is 12.7 Å². The molecule has 1 N–H and O–H groups in total. The Morgan fingerprint density at radius 3 is 2.81 bits per heavy atom. The summed E-state index contributed by atoms with van der Waals surface area (Å²) in [4.78, 5) is 13.0. The van der Waals surface area contributed by atoms with Crippen molar-refractivity contribution in [3.05, 3.63) is 11.9 Å². The predicted molar refractivity (Wildman–Crippen MR) is 57.3 cm³/mol. The van der Waals surface area contributed by atoms with Crippen molar-refractivity contribution in [2.24, 2.45) is 0 Å². The van der Waals surface area contributed by atoms with E-state index in [1.807, 2.05) is 0 Å². The molecule has 0 saturated carbocycles. The minimum Gasteiger partial charge on any atom is -0.476 e. The molecule has 0 radical (unpaired) electrons. The highest BCUT2D eigenvalue weighted by atomic mass is 16.4. The molecule has 0 aromatic carbocycles. The number of nitrogens with zero attached hydrogens (tertiary/aromatic N) is 4. The van der Waals surface area contributed by atoms with Crippen molar-refractivity contribution in [2.75, 3.05) is 13.1 Å². The molecule has 88 valence electrons. The molecule has 0 spiro atoms. The lowest BCUT2D eigenvalue weighted by atomic mass is 10.3. The topological polar surface area (TPSA) is 71.2 Å². The predicted octanol–water partition coefficient (Wildman–Crippen LogP) is 0.461. The Kier molecular flexibility index (Phi) is 3.19. The van der Waals surface area contributed by atoms with Crippen LogP contribution in [0, 0.1) is 0 Å². The number of hydrogen-bond donors (Lipinski definition) is 1. The van der Waals surface area contributed by atoms with Crippen LogP contribution in [0.1, 0.15) is 30.3 Å². The number of rotatable bonds is 4. The van der Waals surface area contributed by atoms with E-state index in [9.17, 15) is 4.79 Å². The molecule has 1 aliphatic rings. The number of carbonyl (C=O) groups is 1. The first kappa shape index (κ1) is 11.1. The average Bonchev–Trinajstić information content (AvgIpc) is 2.87. The van der Waals surface area contributed by atoms with E-state index in [1.54, 1.807) is 4.68 Å². The smallest absolute Gasteiger partial charge is 0.358 e. The summed E-state index contributed by atoms with van der Waals surface area (Å²) < 4.78 is 1.60. The summed E-state index contributed by atoms with van der Waals surface area (Å²) in [5, 5.41) is 16.1. The summed E-state index contributed by atoms with van der Waals surface area (Å²) in [5.74, 6) is -1.03. The molecule has 1 aliphatic heterocycles. The van der Waals surface area contributed by atoms with Crippen LogP contribution in [-0.4, -0.2) is 50.1 Å². The van der Waals surface area contributed by atoms with E-state index in [1.165, 1.54) is 19.0 Å². The quantitative estimate of drug-likeness (QED) is 0.804. The molecular weight excluding hydrogens is 208 g/mol. The lowest BCUT2D eigenvalue weighted by molar-refractivity contribution is 0.0690. The summed E-state index contributed by atoms with van der Waals surface area (Å²) >= 11 is 0. The Labute approximate surface area is 93.9 Å². The number of carboxylic acids is 1. The SMILES string of the molecule is CC(Cn1cc(C(=O)O)nn1)N1CCCC1. The number of carboxylic acid groups (broad SMARTS) is 1. The summed E-state index contributed by atoms with van der Waals surface area (Å²) in [6.07, 6.45) is 3.99. The highest BCUT2D eigenvalue weighted by molar-refractivity contribution is 5.84. The third-order valence-electron chi connectivity index (χ3n) is 2.97. The first-order valence-corrected chi connectivity index (χ1v) is 5.54. The van der Waals surface area contributed by atoms with Crippen LogP contribution in [0.5, 0.6) is 0 Å². The van der Waals surface area contributed by atoms with Gasteiger partial charge in [0.25, 0.3) is 0 Å². The van der Waals surface area contributed by atoms with Crippen LogP contribution in [0.4, 0.5) is 0 Å². The van der Waals surface area contributed by atoms with Crippen molar-refractivity contribution >= 4 is 5.97 Å². The fourth-order valence-corrected chi connectivity index (χ4v) is 2.05. The second kappa shape index (κ2) is 4.61. The summed E-state index contributed by atoms with van der Waals surface area (Å²) in [7, 11) is 0. The fourth-order valence-electron chi connectivity index (χ4n) is 2.05. The Morgan fingerprint density at radius 2 is 2.25 bits per heavy atom. The number of hydrogen-bond acceptors (Lipinski definition) is 4. The Bertz CT molecular complexity index is 371. The lowest BCUT2D eigenvalue weighted by Crippen LogP contribution is -2.33. The Balaban J connectivity index is 1.94. The Morgan fingerprint density at radius 1 is 1.56 bits per heavy atom. The molecule has 2 heterocycles. The number of aromatic carboxylic acids is 1. The van der Waals surface area contributed by atoms with E-state index in [-0.39, 0.29) is 5.69 Å². The third kappa shape index (κ3) is 2.38. The van der Waals surface area contributed by atoms with Crippen LogP contribution in [0.25, 0.3) is 0 Å². The zero-order valence-corrected chi connectivity index (χ0v) is 9.33. The van der Waals surface area contributed by atoms with Crippen LogP contribution in [-0.2, 0) is 6.54 Å². The van der Waals surface area contributed by atoms with E-state index in [0.29, 0.717) is 12.6 Å². The lowest BCUT2D eigenvalue weighted by Gasteiger charge is -2.23. The van der Waals surface area contributed by atoms with Crippen LogP contribution < -0.4 is 0 Å². The maximum absolute atomic E-state index is 10.6. The van der Waals surface area contributed by atoms with Gasteiger partial charge in [-0.3, -0.25) is 9.58 Å². The van der Waals surface area contributed by atoms with Crippen LogP contribution >= 0.6 is 0 Å². The van der Waals surface area contributed by atoms with E-state index in [4.69, 9.17) is 5.11 Å². The average molecular weight is 224 g/mol. The molecule has 1 atom stereocenters. The third-order valence-corrected chi connectivity index (χ3v) is 2.97. The summed E-state index contributed by atoms with van der Waals surface area (Å²) in [5.41, 5.74) is 0.00798. The first-order valence-electron chi connectivity index (χ1n) is 5.54. The van der Waals surface area contributed by atoms with Gasteiger partial charge in [-0.25, -0.2) is 4.79 Å². The molecule has 1 aromatic heterocycles. The molecule has 0 bridgehead atoms. The van der Waals surface area contributed by atoms with Crippen molar-refractivity contribution < 1.29 is 9.90 Å². The summed E-state index contributed by atoms with van der Waals surface area (Å²) in [6, 6.07) is 0.380. The molecule has 1 aromatic rings. The van der Waals surface area contributed by atoms with E-state index in [0.717, 1.165) is 13.1 Å². The van der Waals surface area contributed by atoms with Crippen molar-refractivity contribution in [3.8, 4) is 0 Å². The largest absolute Gasteiger partial charge is 0.476 e. The number of likely N-dealkylation sites (tertiary alicyclic amines) is 1. The van der Waals surface area contributed by atoms with Gasteiger partial charge >= 0.3 is 5.97 Å². The van der Waals surface area contributed by atoms with Gasteiger partial charge in [-0.2, -0.15) is 0 Å². The molecule has 1 saturated heterocycles. The normalized spacial score (nSPS) is 18.8. The first-order chi connectivity index (χ1) is 7.66. The van der Waals surface area contributed by atoms with E-state index in [2.05, 4.69) is 22.1 Å². The minimum atomic E-state index is -1.03. The van der Waals surface area contributed by atoms with Gasteiger partial charge in [-0.1, -0.05) is 5.21 Å². The van der Waals surface area contributed by atoms with Crippen molar-refractivity contribution in [1.82, 2.24) is 19.9 Å². The minimum absolute atomic E-state index is 0.00798. The summed E-state index contributed by atoms with van der Waals surface area (Å²) in [6.45, 7) is 5.08. The van der Waals surface area contributed by atoms with E-state index >= 15 is 0 Å². The van der Waals surface area contributed by atoms with Gasteiger partial charge in [-0.05, 0) is 32.9 Å². The van der Waals surface area contributed by atoms with Crippen molar-refractivity contribution in [1.29, 1.82) is 0 Å². The maximum Gasteiger partial charge on any atom is 0.358 e. The van der Waals surface area contributed by atoms with Gasteiger partial charge in [0.1, 0.15) is 0 Å². The van der Waals surface area contributed by atoms with E-state index < -0.39 is 5.97 Å². The zero-order valence-electron chi connectivity index (χ0n) is 9.33. The van der Waals surface area contributed by atoms with Crippen molar-refractivity contribution in [2.45, 2.75) is 32.4 Å². The molecule has 1 fully saturated rings. The van der Waals surface area contributed by atoms with Crippen molar-refractivity contribution in [3.63, 3.8) is 0 Å². The monoisotopic (exact) mass is 224 g/mol. The standard InChI is InChI=1S/C10H16N4O2/c1-8(13-4-2-3-5-13)6-14-7-9(10(15)16)11-12-14/h7-8H,2-6H2,1H3,(H,15,16). The van der Waals surface area contributed by atoms with Gasteiger partial charge in [-0.15, -0.1) is 5.10 Å². The van der Waals surface area contributed by atoms with Gasteiger partial charge in [0.15, 0.2) is 5.69 Å². The Hall–Kier alpha value is -1.43. The molecule has 2 rings (SSSR count). The molecule has 1 unspecified atom stereocenters. The molecule has 6 nitrogen and oxygen atoms in total. The van der Waals surface area contributed by atoms with Crippen LogP contribution in [0.2, 0.25) is 0 Å². The molecule has 16 heavy (non-hydrogen) atoms. The highest BCUT2D eigenvalue weighted by Gasteiger charge is 2.19.